The maximum absolute atomic E-state index is 12.5. The third-order valence-electron chi connectivity index (χ3n) is 2.96. The Morgan fingerprint density at radius 1 is 1.10 bits per heavy atom. The highest BCUT2D eigenvalue weighted by Crippen LogP contribution is 2.27. The third kappa shape index (κ3) is 4.17. The van der Waals surface area contributed by atoms with E-state index in [4.69, 9.17) is 4.74 Å². The van der Waals surface area contributed by atoms with Gasteiger partial charge in [0.2, 0.25) is 0 Å². The quantitative estimate of drug-likeness (QED) is 0.603. The molecule has 0 spiro atoms. The van der Waals surface area contributed by atoms with Crippen LogP contribution in [-0.4, -0.2) is 12.4 Å². The number of carbonyl (C=O) groups is 1. The fourth-order valence-electron chi connectivity index (χ4n) is 2.01. The van der Waals surface area contributed by atoms with E-state index < -0.39 is 0 Å². The predicted molar refractivity (Wildman–Crippen MR) is 92.2 cm³/mol. The molecule has 2 nitrogen and oxygen atoms in total. The summed E-state index contributed by atoms with van der Waals surface area (Å²) in [4.78, 5) is 12.5. The fraction of sp³-hybridized carbons (Fsp3) is 0.235. The number of benzene rings is 2. The van der Waals surface area contributed by atoms with E-state index in [9.17, 15) is 4.79 Å². The maximum atomic E-state index is 12.5. The monoisotopic (exact) mass is 410 g/mol. The second-order valence-corrected chi connectivity index (χ2v) is 6.61. The van der Waals surface area contributed by atoms with Gasteiger partial charge < -0.3 is 4.74 Å². The van der Waals surface area contributed by atoms with Gasteiger partial charge in [-0.15, -0.1) is 0 Å². The zero-order valence-corrected chi connectivity index (χ0v) is 15.1. The fourth-order valence-corrected chi connectivity index (χ4v) is 3.11. The molecule has 0 aliphatic carbocycles. The summed E-state index contributed by atoms with van der Waals surface area (Å²) in [5.41, 5.74) is 2.37. The molecule has 0 fully saturated rings. The highest BCUT2D eigenvalue weighted by atomic mass is 79.9. The van der Waals surface area contributed by atoms with Crippen molar-refractivity contribution in [1.29, 1.82) is 0 Å². The van der Waals surface area contributed by atoms with Crippen LogP contribution in [-0.2, 0) is 0 Å². The van der Waals surface area contributed by atoms with Crippen LogP contribution < -0.4 is 4.74 Å². The van der Waals surface area contributed by atoms with E-state index in [-0.39, 0.29) is 5.78 Å². The van der Waals surface area contributed by atoms with Gasteiger partial charge >= 0.3 is 0 Å². The minimum atomic E-state index is 0.00198. The van der Waals surface area contributed by atoms with Gasteiger partial charge in [-0.05, 0) is 71.2 Å². The van der Waals surface area contributed by atoms with Crippen LogP contribution in [0, 0.1) is 6.92 Å². The van der Waals surface area contributed by atoms with Crippen LogP contribution in [0.15, 0.2) is 45.3 Å². The van der Waals surface area contributed by atoms with E-state index in [0.29, 0.717) is 17.7 Å². The molecule has 2 aromatic rings. The zero-order chi connectivity index (χ0) is 15.4. The summed E-state index contributed by atoms with van der Waals surface area (Å²) in [7, 11) is 0. The van der Waals surface area contributed by atoms with Gasteiger partial charge in [-0.3, -0.25) is 4.79 Å². The van der Waals surface area contributed by atoms with Gasteiger partial charge in [-0.1, -0.05) is 22.9 Å². The van der Waals surface area contributed by atoms with Gasteiger partial charge in [0.25, 0.3) is 0 Å². The van der Waals surface area contributed by atoms with Gasteiger partial charge in [-0.2, -0.15) is 0 Å². The Labute approximate surface area is 141 Å². The number of rotatable bonds is 5. The molecular formula is C17H16Br2O2. The largest absolute Gasteiger partial charge is 0.492 e. The number of aryl methyl sites for hydroxylation is 1. The van der Waals surface area contributed by atoms with Gasteiger partial charge in [0.1, 0.15) is 5.75 Å². The maximum Gasteiger partial charge on any atom is 0.193 e. The first kappa shape index (κ1) is 16.2. The second-order valence-electron chi connectivity index (χ2n) is 4.84. The van der Waals surface area contributed by atoms with Crippen molar-refractivity contribution in [3.63, 3.8) is 0 Å². The van der Waals surface area contributed by atoms with E-state index in [1.165, 1.54) is 0 Å². The van der Waals surface area contributed by atoms with E-state index >= 15 is 0 Å². The summed E-state index contributed by atoms with van der Waals surface area (Å²) in [5, 5.41) is 0. The number of hydrogen-bond acceptors (Lipinski definition) is 2. The molecular weight excluding hydrogens is 396 g/mol. The van der Waals surface area contributed by atoms with Gasteiger partial charge in [-0.25, -0.2) is 0 Å². The molecule has 0 aromatic heterocycles. The standard InChI is InChI=1S/C17H16Br2O2/c1-3-6-21-16-5-4-12(10-15(16)19)17(20)13-7-11(2)8-14(18)9-13/h4-5,7-10H,3,6H2,1-2H3. The first-order valence-electron chi connectivity index (χ1n) is 6.75. The minimum Gasteiger partial charge on any atom is -0.492 e. The molecule has 0 N–H and O–H groups in total. The van der Waals surface area contributed by atoms with Crippen molar-refractivity contribution in [2.45, 2.75) is 20.3 Å². The first-order valence-corrected chi connectivity index (χ1v) is 8.34. The molecule has 0 heterocycles. The Morgan fingerprint density at radius 3 is 2.48 bits per heavy atom. The van der Waals surface area contributed by atoms with Crippen LogP contribution >= 0.6 is 31.9 Å². The average molecular weight is 412 g/mol. The van der Waals surface area contributed by atoms with Crippen LogP contribution in [0.4, 0.5) is 0 Å². The lowest BCUT2D eigenvalue weighted by molar-refractivity contribution is 0.103. The molecule has 0 bridgehead atoms. The lowest BCUT2D eigenvalue weighted by atomic mass is 10.0. The summed E-state index contributed by atoms with van der Waals surface area (Å²) in [5.74, 6) is 0.765. The molecule has 0 amide bonds. The Morgan fingerprint density at radius 2 is 1.86 bits per heavy atom. The highest BCUT2D eigenvalue weighted by molar-refractivity contribution is 9.10. The summed E-state index contributed by atoms with van der Waals surface area (Å²) < 4.78 is 7.31. The van der Waals surface area contributed by atoms with E-state index in [0.717, 1.165) is 26.7 Å². The van der Waals surface area contributed by atoms with Crippen molar-refractivity contribution in [2.24, 2.45) is 0 Å². The van der Waals surface area contributed by atoms with Crippen LogP contribution in [0.2, 0.25) is 0 Å². The molecule has 2 rings (SSSR count). The molecule has 0 saturated carbocycles. The molecule has 0 unspecified atom stereocenters. The summed E-state index contributed by atoms with van der Waals surface area (Å²) in [6, 6.07) is 11.2. The molecule has 0 aliphatic rings. The minimum absolute atomic E-state index is 0.00198. The number of carbonyl (C=O) groups excluding carboxylic acids is 1. The van der Waals surface area contributed by atoms with Crippen molar-refractivity contribution >= 4 is 37.6 Å². The van der Waals surface area contributed by atoms with Crippen molar-refractivity contribution in [3.8, 4) is 5.75 Å². The summed E-state index contributed by atoms with van der Waals surface area (Å²) >= 11 is 6.89. The Balaban J connectivity index is 2.29. The number of ether oxygens (including phenoxy) is 1. The normalized spacial score (nSPS) is 10.5. The topological polar surface area (TPSA) is 26.3 Å². The Hall–Kier alpha value is -1.13. The molecule has 4 heteroatoms. The molecule has 110 valence electrons. The molecule has 0 atom stereocenters. The Bertz CT molecular complexity index is 646. The zero-order valence-electron chi connectivity index (χ0n) is 12.0. The lowest BCUT2D eigenvalue weighted by Crippen LogP contribution is -2.03. The third-order valence-corrected chi connectivity index (χ3v) is 4.04. The lowest BCUT2D eigenvalue weighted by Gasteiger charge is -2.09. The van der Waals surface area contributed by atoms with E-state index in [1.807, 2.05) is 37.3 Å². The molecule has 0 saturated heterocycles. The Kier molecular flexibility index (Phi) is 5.59. The predicted octanol–water partition coefficient (Wildman–Crippen LogP) is 5.54. The average Bonchev–Trinajstić information content (AvgIpc) is 2.44. The molecule has 0 aliphatic heterocycles. The van der Waals surface area contributed by atoms with Crippen LogP contribution in [0.3, 0.4) is 0 Å². The van der Waals surface area contributed by atoms with Crippen molar-refractivity contribution < 1.29 is 9.53 Å². The van der Waals surface area contributed by atoms with Crippen molar-refractivity contribution in [1.82, 2.24) is 0 Å². The number of halogens is 2. The second kappa shape index (κ2) is 7.23. The molecule has 2 aromatic carbocycles. The van der Waals surface area contributed by atoms with E-state index in [2.05, 4.69) is 38.8 Å². The van der Waals surface area contributed by atoms with Crippen LogP contribution in [0.25, 0.3) is 0 Å². The van der Waals surface area contributed by atoms with Crippen LogP contribution in [0.1, 0.15) is 34.8 Å². The molecule has 0 radical (unpaired) electrons. The van der Waals surface area contributed by atoms with Crippen molar-refractivity contribution in [3.05, 3.63) is 62.0 Å². The van der Waals surface area contributed by atoms with Gasteiger partial charge in [0.15, 0.2) is 5.78 Å². The SMILES string of the molecule is CCCOc1ccc(C(=O)c2cc(C)cc(Br)c2)cc1Br. The summed E-state index contributed by atoms with van der Waals surface area (Å²) in [6.45, 7) is 4.69. The number of ketones is 1. The van der Waals surface area contributed by atoms with E-state index in [1.54, 1.807) is 6.07 Å². The van der Waals surface area contributed by atoms with Crippen LogP contribution in [0.5, 0.6) is 5.75 Å². The summed E-state index contributed by atoms with van der Waals surface area (Å²) in [6.07, 6.45) is 0.949. The highest BCUT2D eigenvalue weighted by Gasteiger charge is 2.12. The van der Waals surface area contributed by atoms with Crippen molar-refractivity contribution in [2.75, 3.05) is 6.61 Å². The first-order chi connectivity index (χ1) is 10.0. The van der Waals surface area contributed by atoms with Gasteiger partial charge in [0.05, 0.1) is 11.1 Å². The van der Waals surface area contributed by atoms with Gasteiger partial charge in [0, 0.05) is 15.6 Å². The molecule has 21 heavy (non-hydrogen) atoms. The smallest absolute Gasteiger partial charge is 0.193 e. The number of hydrogen-bond donors (Lipinski definition) is 0.